The number of benzene rings is 2. The van der Waals surface area contributed by atoms with Crippen molar-refractivity contribution in [2.45, 2.75) is 6.54 Å². The average molecular weight is 351 g/mol. The Labute approximate surface area is 152 Å². The van der Waals surface area contributed by atoms with Crippen LogP contribution < -0.4 is 19.8 Å². The summed E-state index contributed by atoms with van der Waals surface area (Å²) in [7, 11) is 4.73. The third-order valence-electron chi connectivity index (χ3n) is 4.18. The fraction of sp³-hybridized carbons (Fsp3) is 0.190. The smallest absolute Gasteiger partial charge is 0.250 e. The molecule has 0 saturated carbocycles. The predicted octanol–water partition coefficient (Wildman–Crippen LogP) is 3.59. The summed E-state index contributed by atoms with van der Waals surface area (Å²) in [6.45, 7) is 0.512. The standard InChI is InChI=1S/C21H21NO4/c1-24-18-11-17(12-19(25-2)21(18)26-3)16-9-10-20(23)22(14-16)13-15-7-5-4-6-8-15/h4-12,14H,13H2,1-3H3. The quantitative estimate of drug-likeness (QED) is 0.681. The Kier molecular flexibility index (Phi) is 5.27. The van der Waals surface area contributed by atoms with Crippen molar-refractivity contribution in [3.8, 4) is 28.4 Å². The van der Waals surface area contributed by atoms with Crippen molar-refractivity contribution in [3.63, 3.8) is 0 Å². The Hall–Kier alpha value is -3.21. The van der Waals surface area contributed by atoms with Crippen molar-refractivity contribution >= 4 is 0 Å². The third kappa shape index (κ3) is 3.57. The van der Waals surface area contributed by atoms with Crippen LogP contribution in [0.25, 0.3) is 11.1 Å². The highest BCUT2D eigenvalue weighted by molar-refractivity contribution is 5.70. The van der Waals surface area contributed by atoms with Crippen LogP contribution in [-0.2, 0) is 6.54 Å². The van der Waals surface area contributed by atoms with Crippen LogP contribution in [0.3, 0.4) is 0 Å². The van der Waals surface area contributed by atoms with Crippen LogP contribution in [0, 0.1) is 0 Å². The maximum absolute atomic E-state index is 12.2. The van der Waals surface area contributed by atoms with Gasteiger partial charge in [0.1, 0.15) is 0 Å². The van der Waals surface area contributed by atoms with Crippen LogP contribution in [0.5, 0.6) is 17.2 Å². The Morgan fingerprint density at radius 2 is 1.46 bits per heavy atom. The summed E-state index contributed by atoms with van der Waals surface area (Å²) in [6.07, 6.45) is 1.84. The summed E-state index contributed by atoms with van der Waals surface area (Å²) in [5, 5.41) is 0. The van der Waals surface area contributed by atoms with Crippen LogP contribution in [0.1, 0.15) is 5.56 Å². The maximum Gasteiger partial charge on any atom is 0.250 e. The van der Waals surface area contributed by atoms with Crippen molar-refractivity contribution in [2.24, 2.45) is 0 Å². The zero-order valence-corrected chi connectivity index (χ0v) is 15.1. The van der Waals surface area contributed by atoms with Gasteiger partial charge in [-0.2, -0.15) is 0 Å². The molecule has 1 aromatic heterocycles. The molecular weight excluding hydrogens is 330 g/mol. The minimum atomic E-state index is -0.0509. The van der Waals surface area contributed by atoms with Crippen molar-refractivity contribution in [3.05, 3.63) is 76.7 Å². The van der Waals surface area contributed by atoms with Gasteiger partial charge in [0.05, 0.1) is 27.9 Å². The van der Waals surface area contributed by atoms with Crippen LogP contribution in [-0.4, -0.2) is 25.9 Å². The number of pyridine rings is 1. The fourth-order valence-electron chi connectivity index (χ4n) is 2.85. The topological polar surface area (TPSA) is 49.7 Å². The van der Waals surface area contributed by atoms with E-state index in [2.05, 4.69) is 0 Å². The van der Waals surface area contributed by atoms with Gasteiger partial charge in [0.25, 0.3) is 5.56 Å². The number of ether oxygens (including phenoxy) is 3. The van der Waals surface area contributed by atoms with Gasteiger partial charge >= 0.3 is 0 Å². The number of hydrogen-bond donors (Lipinski definition) is 0. The van der Waals surface area contributed by atoms with E-state index >= 15 is 0 Å². The lowest BCUT2D eigenvalue weighted by atomic mass is 10.1. The first-order valence-electron chi connectivity index (χ1n) is 8.21. The molecule has 0 unspecified atom stereocenters. The van der Waals surface area contributed by atoms with Gasteiger partial charge < -0.3 is 18.8 Å². The number of aromatic nitrogens is 1. The molecule has 0 bridgehead atoms. The molecule has 134 valence electrons. The number of methoxy groups -OCH3 is 3. The predicted molar refractivity (Wildman–Crippen MR) is 101 cm³/mol. The van der Waals surface area contributed by atoms with E-state index in [9.17, 15) is 4.79 Å². The second kappa shape index (κ2) is 7.78. The summed E-state index contributed by atoms with van der Waals surface area (Å²) in [5.74, 6) is 1.68. The summed E-state index contributed by atoms with van der Waals surface area (Å²) in [5.41, 5.74) is 2.78. The van der Waals surface area contributed by atoms with Gasteiger partial charge in [-0.15, -0.1) is 0 Å². The first-order chi connectivity index (χ1) is 12.7. The Bertz CT molecular complexity index is 923. The molecule has 1 heterocycles. The highest BCUT2D eigenvalue weighted by Crippen LogP contribution is 2.40. The van der Waals surface area contributed by atoms with E-state index in [-0.39, 0.29) is 5.56 Å². The lowest BCUT2D eigenvalue weighted by molar-refractivity contribution is 0.324. The zero-order chi connectivity index (χ0) is 18.5. The largest absolute Gasteiger partial charge is 0.493 e. The van der Waals surface area contributed by atoms with E-state index in [1.807, 2.05) is 48.7 Å². The maximum atomic E-state index is 12.2. The first-order valence-corrected chi connectivity index (χ1v) is 8.21. The lowest BCUT2D eigenvalue weighted by Gasteiger charge is -2.15. The van der Waals surface area contributed by atoms with Crippen molar-refractivity contribution in [1.82, 2.24) is 4.57 Å². The minimum Gasteiger partial charge on any atom is -0.493 e. The molecule has 5 heteroatoms. The van der Waals surface area contributed by atoms with E-state index in [1.165, 1.54) is 0 Å². The molecule has 0 aliphatic heterocycles. The zero-order valence-electron chi connectivity index (χ0n) is 15.1. The third-order valence-corrected chi connectivity index (χ3v) is 4.18. The second-order valence-corrected chi connectivity index (χ2v) is 5.78. The molecule has 2 aromatic carbocycles. The van der Waals surface area contributed by atoms with Gasteiger partial charge in [0.2, 0.25) is 5.75 Å². The summed E-state index contributed by atoms with van der Waals surface area (Å²) in [6, 6.07) is 17.0. The summed E-state index contributed by atoms with van der Waals surface area (Å²) < 4.78 is 17.9. The highest BCUT2D eigenvalue weighted by atomic mass is 16.5. The Morgan fingerprint density at radius 3 is 2.04 bits per heavy atom. The molecule has 3 rings (SSSR count). The van der Waals surface area contributed by atoms with E-state index in [1.54, 1.807) is 38.0 Å². The van der Waals surface area contributed by atoms with E-state index < -0.39 is 0 Å². The van der Waals surface area contributed by atoms with Crippen LogP contribution in [0.4, 0.5) is 0 Å². The monoisotopic (exact) mass is 351 g/mol. The number of nitrogens with zero attached hydrogens (tertiary/aromatic N) is 1. The molecule has 0 saturated heterocycles. The molecule has 0 amide bonds. The molecule has 0 aliphatic rings. The van der Waals surface area contributed by atoms with Crippen molar-refractivity contribution in [1.29, 1.82) is 0 Å². The van der Waals surface area contributed by atoms with Crippen LogP contribution in [0.15, 0.2) is 65.6 Å². The molecule has 3 aromatic rings. The van der Waals surface area contributed by atoms with E-state index in [0.29, 0.717) is 23.8 Å². The summed E-state index contributed by atoms with van der Waals surface area (Å²) in [4.78, 5) is 12.2. The SMILES string of the molecule is COc1cc(-c2ccc(=O)n(Cc3ccccc3)c2)cc(OC)c1OC. The molecule has 5 nitrogen and oxygen atoms in total. The Balaban J connectivity index is 2.05. The van der Waals surface area contributed by atoms with Crippen molar-refractivity contribution < 1.29 is 14.2 Å². The van der Waals surface area contributed by atoms with Gasteiger partial charge in [-0.05, 0) is 34.9 Å². The molecule has 0 fully saturated rings. The molecular formula is C21H21NO4. The first kappa shape index (κ1) is 17.6. The average Bonchev–Trinajstić information content (AvgIpc) is 2.69. The molecule has 0 N–H and O–H groups in total. The van der Waals surface area contributed by atoms with Crippen molar-refractivity contribution in [2.75, 3.05) is 21.3 Å². The molecule has 0 radical (unpaired) electrons. The van der Waals surface area contributed by atoms with Crippen LogP contribution in [0.2, 0.25) is 0 Å². The lowest BCUT2D eigenvalue weighted by Crippen LogP contribution is -2.19. The normalized spacial score (nSPS) is 10.4. The molecule has 0 spiro atoms. The van der Waals surface area contributed by atoms with E-state index in [0.717, 1.165) is 16.7 Å². The molecule has 0 aliphatic carbocycles. The van der Waals surface area contributed by atoms with Gasteiger partial charge in [0.15, 0.2) is 11.5 Å². The fourth-order valence-corrected chi connectivity index (χ4v) is 2.85. The summed E-state index contributed by atoms with van der Waals surface area (Å²) >= 11 is 0. The number of rotatable bonds is 6. The molecule has 26 heavy (non-hydrogen) atoms. The highest BCUT2D eigenvalue weighted by Gasteiger charge is 2.14. The van der Waals surface area contributed by atoms with E-state index in [4.69, 9.17) is 14.2 Å². The van der Waals surface area contributed by atoms with Crippen LogP contribution >= 0.6 is 0 Å². The van der Waals surface area contributed by atoms with Gasteiger partial charge in [0, 0.05) is 12.3 Å². The number of hydrogen-bond acceptors (Lipinski definition) is 4. The Morgan fingerprint density at radius 1 is 0.808 bits per heavy atom. The van der Waals surface area contributed by atoms with Gasteiger partial charge in [-0.3, -0.25) is 4.79 Å². The van der Waals surface area contributed by atoms with Gasteiger partial charge in [-0.1, -0.05) is 30.3 Å². The van der Waals surface area contributed by atoms with Gasteiger partial charge in [-0.25, -0.2) is 0 Å². The second-order valence-electron chi connectivity index (χ2n) is 5.78. The molecule has 0 atom stereocenters. The minimum absolute atomic E-state index is 0.0509.